The molecule has 0 radical (unpaired) electrons. The number of rotatable bonds is 4. The number of hydrogen-bond acceptors (Lipinski definition) is 2. The summed E-state index contributed by atoms with van der Waals surface area (Å²) in [6.45, 7) is 7.19. The maximum atomic E-state index is 5.75. The van der Waals surface area contributed by atoms with Crippen LogP contribution in [0, 0.1) is 0 Å². The average molecular weight is 207 g/mol. The summed E-state index contributed by atoms with van der Waals surface area (Å²) in [6.07, 6.45) is 1.06. The standard InChI is InChI=1S/C13H21NO/c1-13(2,3)15-12-7-5-11(6-8-12)9-10-14-4/h5-8,14H,9-10H2,1-4H3. The third kappa shape index (κ3) is 4.84. The highest BCUT2D eigenvalue weighted by Crippen LogP contribution is 2.18. The van der Waals surface area contributed by atoms with Crippen LogP contribution in [0.1, 0.15) is 26.3 Å². The molecule has 0 spiro atoms. The predicted octanol–water partition coefficient (Wildman–Crippen LogP) is 2.63. The van der Waals surface area contributed by atoms with Gasteiger partial charge in [0.15, 0.2) is 0 Å². The Morgan fingerprint density at radius 2 is 1.73 bits per heavy atom. The van der Waals surface area contributed by atoms with E-state index in [9.17, 15) is 0 Å². The quantitative estimate of drug-likeness (QED) is 0.819. The van der Waals surface area contributed by atoms with Crippen LogP contribution >= 0.6 is 0 Å². The van der Waals surface area contributed by atoms with Crippen molar-refractivity contribution < 1.29 is 4.74 Å². The zero-order valence-electron chi connectivity index (χ0n) is 10.1. The minimum atomic E-state index is -0.119. The highest BCUT2D eigenvalue weighted by molar-refractivity contribution is 5.27. The molecule has 0 aliphatic rings. The minimum absolute atomic E-state index is 0.119. The predicted molar refractivity (Wildman–Crippen MR) is 64.5 cm³/mol. The molecule has 84 valence electrons. The summed E-state index contributed by atoms with van der Waals surface area (Å²) in [4.78, 5) is 0. The summed E-state index contributed by atoms with van der Waals surface area (Å²) in [5, 5.41) is 3.14. The Balaban J connectivity index is 2.56. The van der Waals surface area contributed by atoms with E-state index in [1.54, 1.807) is 0 Å². The number of ether oxygens (including phenoxy) is 1. The van der Waals surface area contributed by atoms with Gasteiger partial charge >= 0.3 is 0 Å². The van der Waals surface area contributed by atoms with Crippen LogP contribution in [0.4, 0.5) is 0 Å². The van der Waals surface area contributed by atoms with E-state index in [-0.39, 0.29) is 5.60 Å². The number of nitrogens with one attached hydrogen (secondary N) is 1. The monoisotopic (exact) mass is 207 g/mol. The lowest BCUT2D eigenvalue weighted by Crippen LogP contribution is -2.22. The first-order chi connectivity index (χ1) is 7.01. The fourth-order valence-electron chi connectivity index (χ4n) is 1.35. The van der Waals surface area contributed by atoms with Gasteiger partial charge in [-0.15, -0.1) is 0 Å². The average Bonchev–Trinajstić information content (AvgIpc) is 2.14. The molecule has 0 amide bonds. The van der Waals surface area contributed by atoms with Crippen LogP contribution in [0.2, 0.25) is 0 Å². The lowest BCUT2D eigenvalue weighted by atomic mass is 10.1. The molecule has 1 aromatic carbocycles. The summed E-state index contributed by atoms with van der Waals surface area (Å²) in [5.74, 6) is 0.940. The van der Waals surface area contributed by atoms with Gasteiger partial charge in [0.25, 0.3) is 0 Å². The molecule has 0 atom stereocenters. The minimum Gasteiger partial charge on any atom is -0.488 e. The summed E-state index contributed by atoms with van der Waals surface area (Å²) in [5.41, 5.74) is 1.22. The Morgan fingerprint density at radius 3 is 2.20 bits per heavy atom. The summed E-state index contributed by atoms with van der Waals surface area (Å²) in [6, 6.07) is 8.32. The van der Waals surface area contributed by atoms with Crippen LogP contribution in [0.15, 0.2) is 24.3 Å². The molecule has 0 fully saturated rings. The van der Waals surface area contributed by atoms with Crippen LogP contribution in [0.3, 0.4) is 0 Å². The van der Waals surface area contributed by atoms with Gasteiger partial charge in [-0.2, -0.15) is 0 Å². The number of hydrogen-bond donors (Lipinski definition) is 1. The highest BCUT2D eigenvalue weighted by Gasteiger charge is 2.10. The molecule has 0 heterocycles. The highest BCUT2D eigenvalue weighted by atomic mass is 16.5. The van der Waals surface area contributed by atoms with Gasteiger partial charge in [-0.25, -0.2) is 0 Å². The zero-order valence-corrected chi connectivity index (χ0v) is 10.1. The molecule has 0 unspecified atom stereocenters. The molecule has 0 aromatic heterocycles. The van der Waals surface area contributed by atoms with Crippen molar-refractivity contribution in [3.05, 3.63) is 29.8 Å². The summed E-state index contributed by atoms with van der Waals surface area (Å²) in [7, 11) is 1.97. The Hall–Kier alpha value is -1.02. The van der Waals surface area contributed by atoms with E-state index in [2.05, 4.69) is 38.2 Å². The van der Waals surface area contributed by atoms with Gasteiger partial charge in [0.05, 0.1) is 0 Å². The van der Waals surface area contributed by atoms with Crippen molar-refractivity contribution in [3.63, 3.8) is 0 Å². The first kappa shape index (κ1) is 12.1. The number of benzene rings is 1. The second-order valence-electron chi connectivity index (χ2n) is 4.71. The van der Waals surface area contributed by atoms with E-state index in [0.717, 1.165) is 18.7 Å². The lowest BCUT2D eigenvalue weighted by Gasteiger charge is -2.21. The van der Waals surface area contributed by atoms with Crippen molar-refractivity contribution in [3.8, 4) is 5.75 Å². The molecule has 2 heteroatoms. The molecular formula is C13H21NO. The first-order valence-corrected chi connectivity index (χ1v) is 5.44. The summed E-state index contributed by atoms with van der Waals surface area (Å²) < 4.78 is 5.75. The van der Waals surface area contributed by atoms with Crippen molar-refractivity contribution in [1.82, 2.24) is 5.32 Å². The molecule has 1 N–H and O–H groups in total. The fourth-order valence-corrected chi connectivity index (χ4v) is 1.35. The van der Waals surface area contributed by atoms with Crippen LogP contribution in [0.25, 0.3) is 0 Å². The van der Waals surface area contributed by atoms with Crippen molar-refractivity contribution >= 4 is 0 Å². The Kier molecular flexibility index (Phi) is 4.15. The molecule has 0 saturated carbocycles. The lowest BCUT2D eigenvalue weighted by molar-refractivity contribution is 0.131. The maximum absolute atomic E-state index is 5.75. The van der Waals surface area contributed by atoms with Crippen LogP contribution in [-0.4, -0.2) is 19.2 Å². The molecule has 1 aromatic rings. The van der Waals surface area contributed by atoms with Gasteiger partial charge < -0.3 is 10.1 Å². The maximum Gasteiger partial charge on any atom is 0.120 e. The third-order valence-electron chi connectivity index (χ3n) is 2.01. The second kappa shape index (κ2) is 5.17. The van der Waals surface area contributed by atoms with Crippen molar-refractivity contribution in [2.45, 2.75) is 32.8 Å². The Morgan fingerprint density at radius 1 is 1.13 bits per heavy atom. The molecule has 1 rings (SSSR count). The van der Waals surface area contributed by atoms with Gasteiger partial charge in [-0.1, -0.05) is 12.1 Å². The van der Waals surface area contributed by atoms with Gasteiger partial charge in [0, 0.05) is 0 Å². The largest absolute Gasteiger partial charge is 0.488 e. The Labute approximate surface area is 92.6 Å². The van der Waals surface area contributed by atoms with Gasteiger partial charge in [-0.3, -0.25) is 0 Å². The van der Waals surface area contributed by atoms with Gasteiger partial charge in [0.2, 0.25) is 0 Å². The zero-order chi connectivity index (χ0) is 11.3. The molecule has 0 aliphatic heterocycles. The Bertz CT molecular complexity index is 284. The normalized spacial score (nSPS) is 11.5. The topological polar surface area (TPSA) is 21.3 Å². The van der Waals surface area contributed by atoms with Crippen LogP contribution in [0.5, 0.6) is 5.75 Å². The van der Waals surface area contributed by atoms with E-state index in [1.807, 2.05) is 19.2 Å². The van der Waals surface area contributed by atoms with Crippen LogP contribution < -0.4 is 10.1 Å². The van der Waals surface area contributed by atoms with Crippen molar-refractivity contribution in [1.29, 1.82) is 0 Å². The summed E-state index contributed by atoms with van der Waals surface area (Å²) >= 11 is 0. The molecule has 0 saturated heterocycles. The number of likely N-dealkylation sites (N-methyl/N-ethyl adjacent to an activating group) is 1. The SMILES string of the molecule is CNCCc1ccc(OC(C)(C)C)cc1. The van der Waals surface area contributed by atoms with E-state index in [1.165, 1.54) is 5.56 Å². The van der Waals surface area contributed by atoms with Gasteiger partial charge in [-0.05, 0) is 58.5 Å². The van der Waals surface area contributed by atoms with E-state index in [0.29, 0.717) is 0 Å². The smallest absolute Gasteiger partial charge is 0.120 e. The second-order valence-corrected chi connectivity index (χ2v) is 4.71. The molecule has 2 nitrogen and oxygen atoms in total. The molecule has 0 aliphatic carbocycles. The van der Waals surface area contributed by atoms with E-state index < -0.39 is 0 Å². The molecular weight excluding hydrogens is 186 g/mol. The molecule has 0 bridgehead atoms. The van der Waals surface area contributed by atoms with Gasteiger partial charge in [0.1, 0.15) is 11.4 Å². The van der Waals surface area contributed by atoms with Crippen molar-refractivity contribution in [2.24, 2.45) is 0 Å². The molecule has 15 heavy (non-hydrogen) atoms. The van der Waals surface area contributed by atoms with Crippen LogP contribution in [-0.2, 0) is 6.42 Å². The van der Waals surface area contributed by atoms with E-state index in [4.69, 9.17) is 4.74 Å². The third-order valence-corrected chi connectivity index (χ3v) is 2.01. The van der Waals surface area contributed by atoms with Crippen molar-refractivity contribution in [2.75, 3.05) is 13.6 Å². The van der Waals surface area contributed by atoms with E-state index >= 15 is 0 Å². The fraction of sp³-hybridized carbons (Fsp3) is 0.538. The first-order valence-electron chi connectivity index (χ1n) is 5.44.